The van der Waals surface area contributed by atoms with Crippen molar-refractivity contribution in [3.63, 3.8) is 0 Å². The molecule has 0 N–H and O–H groups in total. The van der Waals surface area contributed by atoms with E-state index in [1.165, 1.54) is 13.2 Å². The van der Waals surface area contributed by atoms with E-state index in [9.17, 15) is 9.18 Å². The molecule has 1 aromatic rings. The quantitative estimate of drug-likeness (QED) is 0.800. The molecular weight excluding hydrogens is 291 g/mol. The third kappa shape index (κ3) is 3.70. The van der Waals surface area contributed by atoms with Crippen molar-refractivity contribution in [3.8, 4) is 5.75 Å². The van der Waals surface area contributed by atoms with Crippen molar-refractivity contribution in [2.24, 2.45) is 5.92 Å². The number of rotatable bonds is 4. The highest BCUT2D eigenvalue weighted by atomic mass is 79.9. The van der Waals surface area contributed by atoms with Crippen molar-refractivity contribution in [3.05, 3.63) is 28.0 Å². The minimum Gasteiger partial charge on any atom is -0.492 e. The summed E-state index contributed by atoms with van der Waals surface area (Å²) in [5, 5.41) is 0. The van der Waals surface area contributed by atoms with Crippen LogP contribution in [-0.2, 0) is 4.74 Å². The summed E-state index contributed by atoms with van der Waals surface area (Å²) in [6.07, 6.45) is 0. The molecule has 94 valence electrons. The van der Waals surface area contributed by atoms with Crippen LogP contribution >= 0.6 is 15.9 Å². The van der Waals surface area contributed by atoms with Gasteiger partial charge in [-0.15, -0.1) is 0 Å². The molecule has 0 spiro atoms. The van der Waals surface area contributed by atoms with E-state index >= 15 is 0 Å². The summed E-state index contributed by atoms with van der Waals surface area (Å²) in [7, 11) is 1.20. The Kier molecular flexibility index (Phi) is 4.93. The lowest BCUT2D eigenvalue weighted by molar-refractivity contribution is 0.0589. The standard InChI is InChI=1S/C12H14BrFO3/c1-7(2)6-17-10-5-8(13)4-9(14)11(10)12(15)16-3/h4-5,7H,6H2,1-3H3. The molecule has 0 unspecified atom stereocenters. The Morgan fingerprint density at radius 3 is 2.65 bits per heavy atom. The van der Waals surface area contributed by atoms with Crippen LogP contribution in [-0.4, -0.2) is 19.7 Å². The average molecular weight is 305 g/mol. The Labute approximate surface area is 108 Å². The van der Waals surface area contributed by atoms with Gasteiger partial charge in [0.05, 0.1) is 13.7 Å². The predicted octanol–water partition coefficient (Wildman–Crippen LogP) is 3.41. The van der Waals surface area contributed by atoms with E-state index in [4.69, 9.17) is 4.74 Å². The molecule has 0 saturated carbocycles. The van der Waals surface area contributed by atoms with Crippen LogP contribution in [0.4, 0.5) is 4.39 Å². The number of benzene rings is 1. The molecule has 0 radical (unpaired) electrons. The van der Waals surface area contributed by atoms with Crippen LogP contribution in [0.3, 0.4) is 0 Å². The molecule has 5 heteroatoms. The van der Waals surface area contributed by atoms with E-state index in [-0.39, 0.29) is 17.2 Å². The summed E-state index contributed by atoms with van der Waals surface area (Å²) in [5.74, 6) is -0.932. The number of ether oxygens (including phenoxy) is 2. The topological polar surface area (TPSA) is 35.5 Å². The van der Waals surface area contributed by atoms with Crippen LogP contribution in [0.5, 0.6) is 5.75 Å². The van der Waals surface area contributed by atoms with E-state index in [0.717, 1.165) is 0 Å². The number of methoxy groups -OCH3 is 1. The Morgan fingerprint density at radius 1 is 1.47 bits per heavy atom. The number of hydrogen-bond acceptors (Lipinski definition) is 3. The third-order valence-corrected chi connectivity index (χ3v) is 2.44. The van der Waals surface area contributed by atoms with Gasteiger partial charge in [-0.25, -0.2) is 9.18 Å². The lowest BCUT2D eigenvalue weighted by atomic mass is 10.2. The van der Waals surface area contributed by atoms with Crippen LogP contribution < -0.4 is 4.74 Å². The van der Waals surface area contributed by atoms with Crippen LogP contribution in [0.15, 0.2) is 16.6 Å². The summed E-state index contributed by atoms with van der Waals surface area (Å²) in [6.45, 7) is 4.33. The Morgan fingerprint density at radius 2 is 2.12 bits per heavy atom. The largest absolute Gasteiger partial charge is 0.492 e. The average Bonchev–Trinajstić information content (AvgIpc) is 2.24. The van der Waals surface area contributed by atoms with Gasteiger partial charge < -0.3 is 9.47 Å². The molecule has 0 bridgehead atoms. The zero-order chi connectivity index (χ0) is 13.0. The molecule has 0 atom stereocenters. The molecule has 0 aromatic heterocycles. The number of esters is 1. The number of carbonyl (C=O) groups is 1. The third-order valence-electron chi connectivity index (χ3n) is 1.98. The summed E-state index contributed by atoms with van der Waals surface area (Å²) in [6, 6.07) is 2.76. The first-order valence-electron chi connectivity index (χ1n) is 5.15. The van der Waals surface area contributed by atoms with Crippen molar-refractivity contribution in [1.82, 2.24) is 0 Å². The first-order chi connectivity index (χ1) is 7.95. The molecule has 0 aliphatic carbocycles. The van der Waals surface area contributed by atoms with Crippen LogP contribution in [0.1, 0.15) is 24.2 Å². The Hall–Kier alpha value is -1.10. The summed E-state index contributed by atoms with van der Waals surface area (Å²) >= 11 is 3.15. The molecule has 1 aromatic carbocycles. The minimum absolute atomic E-state index is 0.170. The van der Waals surface area contributed by atoms with Gasteiger partial charge in [0.2, 0.25) is 0 Å². The molecule has 0 amide bonds. The molecule has 0 aliphatic rings. The second-order valence-corrected chi connectivity index (χ2v) is 4.87. The number of halogens is 2. The predicted molar refractivity (Wildman–Crippen MR) is 65.8 cm³/mol. The van der Waals surface area contributed by atoms with E-state index in [2.05, 4.69) is 20.7 Å². The van der Waals surface area contributed by atoms with Gasteiger partial charge in [0.15, 0.2) is 0 Å². The van der Waals surface area contributed by atoms with E-state index in [1.807, 2.05) is 13.8 Å². The molecule has 3 nitrogen and oxygen atoms in total. The zero-order valence-electron chi connectivity index (χ0n) is 9.92. The maximum Gasteiger partial charge on any atom is 0.344 e. The van der Waals surface area contributed by atoms with Gasteiger partial charge in [-0.1, -0.05) is 29.8 Å². The first-order valence-corrected chi connectivity index (χ1v) is 5.95. The Balaban J connectivity index is 3.11. The molecule has 17 heavy (non-hydrogen) atoms. The lowest BCUT2D eigenvalue weighted by Crippen LogP contribution is -2.11. The number of hydrogen-bond donors (Lipinski definition) is 0. The molecule has 0 heterocycles. The molecule has 0 saturated heterocycles. The van der Waals surface area contributed by atoms with Gasteiger partial charge in [0.25, 0.3) is 0 Å². The summed E-state index contributed by atoms with van der Waals surface area (Å²) < 4.78 is 24.1. The van der Waals surface area contributed by atoms with Crippen molar-refractivity contribution < 1.29 is 18.7 Å². The van der Waals surface area contributed by atoms with Gasteiger partial charge in [0.1, 0.15) is 17.1 Å². The van der Waals surface area contributed by atoms with Crippen LogP contribution in [0.2, 0.25) is 0 Å². The van der Waals surface area contributed by atoms with Crippen LogP contribution in [0.25, 0.3) is 0 Å². The summed E-state index contributed by atoms with van der Waals surface area (Å²) in [4.78, 5) is 11.5. The molecule has 1 rings (SSSR count). The normalized spacial score (nSPS) is 10.5. The van der Waals surface area contributed by atoms with Crippen LogP contribution in [0, 0.1) is 11.7 Å². The second-order valence-electron chi connectivity index (χ2n) is 3.96. The monoisotopic (exact) mass is 304 g/mol. The highest BCUT2D eigenvalue weighted by molar-refractivity contribution is 9.10. The van der Waals surface area contributed by atoms with E-state index in [0.29, 0.717) is 11.1 Å². The highest BCUT2D eigenvalue weighted by Crippen LogP contribution is 2.28. The summed E-state index contributed by atoms with van der Waals surface area (Å²) in [5.41, 5.74) is -0.170. The molecule has 0 fully saturated rings. The maximum absolute atomic E-state index is 13.7. The van der Waals surface area contributed by atoms with Crippen molar-refractivity contribution >= 4 is 21.9 Å². The van der Waals surface area contributed by atoms with Crippen molar-refractivity contribution in [2.75, 3.05) is 13.7 Å². The Bertz CT molecular complexity index is 418. The molecular formula is C12H14BrFO3. The lowest BCUT2D eigenvalue weighted by Gasteiger charge is -2.13. The minimum atomic E-state index is -0.742. The highest BCUT2D eigenvalue weighted by Gasteiger charge is 2.20. The van der Waals surface area contributed by atoms with E-state index < -0.39 is 11.8 Å². The van der Waals surface area contributed by atoms with Crippen molar-refractivity contribution in [2.45, 2.75) is 13.8 Å². The van der Waals surface area contributed by atoms with E-state index in [1.54, 1.807) is 6.07 Å². The maximum atomic E-state index is 13.7. The molecule has 0 aliphatic heterocycles. The van der Waals surface area contributed by atoms with Gasteiger partial charge >= 0.3 is 5.97 Å². The van der Waals surface area contributed by atoms with Gasteiger partial charge in [-0.3, -0.25) is 0 Å². The fraction of sp³-hybridized carbons (Fsp3) is 0.417. The smallest absolute Gasteiger partial charge is 0.344 e. The fourth-order valence-corrected chi connectivity index (χ4v) is 1.63. The zero-order valence-corrected chi connectivity index (χ0v) is 11.5. The van der Waals surface area contributed by atoms with Gasteiger partial charge in [-0.05, 0) is 18.1 Å². The van der Waals surface area contributed by atoms with Gasteiger partial charge in [0, 0.05) is 4.47 Å². The van der Waals surface area contributed by atoms with Crippen molar-refractivity contribution in [1.29, 1.82) is 0 Å². The first kappa shape index (κ1) is 14.0. The second kappa shape index (κ2) is 6.00. The fourth-order valence-electron chi connectivity index (χ4n) is 1.22. The van der Waals surface area contributed by atoms with Gasteiger partial charge in [-0.2, -0.15) is 0 Å². The number of carbonyl (C=O) groups excluding carboxylic acids is 1. The SMILES string of the molecule is COC(=O)c1c(F)cc(Br)cc1OCC(C)C.